The highest BCUT2D eigenvalue weighted by Crippen LogP contribution is 2.29. The molecule has 116 valence electrons. The van der Waals surface area contributed by atoms with Gasteiger partial charge in [-0.1, -0.05) is 22.0 Å². The Morgan fingerprint density at radius 3 is 2.64 bits per heavy atom. The van der Waals surface area contributed by atoms with Crippen LogP contribution in [0.3, 0.4) is 0 Å². The summed E-state index contributed by atoms with van der Waals surface area (Å²) in [5, 5.41) is 2.80. The second-order valence-corrected chi connectivity index (χ2v) is 6.33. The standard InChI is InChI=1S/C16H15Br2NO3/c1-10(22-15-7-6-11(17)8-14(15)18)16(20)19-12-4-3-5-13(9-12)21-2/h3-10H,1-2H3,(H,19,20)/t10-/m1/s1. The first-order valence-electron chi connectivity index (χ1n) is 6.56. The molecule has 0 radical (unpaired) electrons. The molecule has 0 unspecified atom stereocenters. The molecule has 4 nitrogen and oxygen atoms in total. The van der Waals surface area contributed by atoms with Crippen molar-refractivity contribution in [3.8, 4) is 11.5 Å². The average Bonchev–Trinajstić information content (AvgIpc) is 2.50. The van der Waals surface area contributed by atoms with Gasteiger partial charge in [-0.25, -0.2) is 0 Å². The molecule has 2 aromatic carbocycles. The van der Waals surface area contributed by atoms with Gasteiger partial charge in [-0.2, -0.15) is 0 Å². The second-order valence-electron chi connectivity index (χ2n) is 4.56. The van der Waals surface area contributed by atoms with Gasteiger partial charge in [0.25, 0.3) is 5.91 Å². The summed E-state index contributed by atoms with van der Waals surface area (Å²) in [5.41, 5.74) is 0.662. The Bertz CT molecular complexity index is 676. The number of nitrogens with one attached hydrogen (secondary N) is 1. The molecule has 1 atom stereocenters. The molecule has 2 aromatic rings. The van der Waals surface area contributed by atoms with E-state index in [1.165, 1.54) is 0 Å². The summed E-state index contributed by atoms with van der Waals surface area (Å²) < 4.78 is 12.5. The largest absolute Gasteiger partial charge is 0.497 e. The van der Waals surface area contributed by atoms with Crippen LogP contribution in [0.1, 0.15) is 6.92 Å². The van der Waals surface area contributed by atoms with Crippen molar-refractivity contribution in [2.45, 2.75) is 13.0 Å². The highest BCUT2D eigenvalue weighted by atomic mass is 79.9. The first kappa shape index (κ1) is 16.8. The zero-order chi connectivity index (χ0) is 16.1. The smallest absolute Gasteiger partial charge is 0.265 e. The van der Waals surface area contributed by atoms with Gasteiger partial charge in [0, 0.05) is 16.2 Å². The number of benzene rings is 2. The highest BCUT2D eigenvalue weighted by molar-refractivity contribution is 9.11. The number of carbonyl (C=O) groups is 1. The Labute approximate surface area is 146 Å². The van der Waals surface area contributed by atoms with E-state index in [1.54, 1.807) is 32.2 Å². The van der Waals surface area contributed by atoms with Crippen LogP contribution in [-0.2, 0) is 4.79 Å². The molecular formula is C16H15Br2NO3. The van der Waals surface area contributed by atoms with Crippen LogP contribution in [0.2, 0.25) is 0 Å². The predicted octanol–water partition coefficient (Wildman–Crippen LogP) is 4.63. The van der Waals surface area contributed by atoms with Crippen molar-refractivity contribution in [3.05, 3.63) is 51.4 Å². The van der Waals surface area contributed by atoms with Crippen molar-refractivity contribution in [2.24, 2.45) is 0 Å². The molecule has 22 heavy (non-hydrogen) atoms. The Morgan fingerprint density at radius 2 is 1.95 bits per heavy atom. The van der Waals surface area contributed by atoms with Crippen LogP contribution in [-0.4, -0.2) is 19.1 Å². The Balaban J connectivity index is 2.02. The lowest BCUT2D eigenvalue weighted by Crippen LogP contribution is -2.30. The number of amides is 1. The molecule has 6 heteroatoms. The first-order chi connectivity index (χ1) is 10.5. The van der Waals surface area contributed by atoms with Gasteiger partial charge in [0.05, 0.1) is 11.6 Å². The SMILES string of the molecule is COc1cccc(NC(=O)[C@@H](C)Oc2ccc(Br)cc2Br)c1. The molecule has 1 N–H and O–H groups in total. The summed E-state index contributed by atoms with van der Waals surface area (Å²) >= 11 is 6.78. The summed E-state index contributed by atoms with van der Waals surface area (Å²) in [4.78, 5) is 12.2. The van der Waals surface area contributed by atoms with Crippen molar-refractivity contribution >= 4 is 43.5 Å². The van der Waals surface area contributed by atoms with Crippen LogP contribution in [0.4, 0.5) is 5.69 Å². The van der Waals surface area contributed by atoms with Crippen LogP contribution in [0, 0.1) is 0 Å². The van der Waals surface area contributed by atoms with Gasteiger partial charge < -0.3 is 14.8 Å². The molecule has 0 spiro atoms. The Morgan fingerprint density at radius 1 is 1.18 bits per heavy atom. The lowest BCUT2D eigenvalue weighted by molar-refractivity contribution is -0.122. The molecule has 0 bridgehead atoms. The average molecular weight is 429 g/mol. The van der Waals surface area contributed by atoms with Gasteiger partial charge in [-0.15, -0.1) is 0 Å². The normalized spacial score (nSPS) is 11.6. The molecular weight excluding hydrogens is 414 g/mol. The molecule has 0 saturated carbocycles. The molecule has 0 aliphatic heterocycles. The van der Waals surface area contributed by atoms with Gasteiger partial charge >= 0.3 is 0 Å². The molecule has 2 rings (SSSR count). The van der Waals surface area contributed by atoms with E-state index in [9.17, 15) is 4.79 Å². The van der Waals surface area contributed by atoms with Gasteiger partial charge in [-0.05, 0) is 53.2 Å². The third-order valence-electron chi connectivity index (χ3n) is 2.90. The fourth-order valence-electron chi connectivity index (χ4n) is 1.76. The lowest BCUT2D eigenvalue weighted by Gasteiger charge is -2.16. The van der Waals surface area contributed by atoms with E-state index in [4.69, 9.17) is 9.47 Å². The van der Waals surface area contributed by atoms with Crippen molar-refractivity contribution < 1.29 is 14.3 Å². The maximum atomic E-state index is 12.2. The number of anilines is 1. The zero-order valence-corrected chi connectivity index (χ0v) is 15.3. The first-order valence-corrected chi connectivity index (χ1v) is 8.15. The zero-order valence-electron chi connectivity index (χ0n) is 12.1. The molecule has 0 aromatic heterocycles. The van der Waals surface area contributed by atoms with E-state index >= 15 is 0 Å². The van der Waals surface area contributed by atoms with E-state index < -0.39 is 6.10 Å². The van der Waals surface area contributed by atoms with Crippen LogP contribution in [0.25, 0.3) is 0 Å². The van der Waals surface area contributed by atoms with Gasteiger partial charge in [0.1, 0.15) is 11.5 Å². The van der Waals surface area contributed by atoms with Crippen molar-refractivity contribution in [2.75, 3.05) is 12.4 Å². The van der Waals surface area contributed by atoms with Crippen LogP contribution in [0.5, 0.6) is 11.5 Å². The molecule has 0 fully saturated rings. The number of ether oxygens (including phenoxy) is 2. The van der Waals surface area contributed by atoms with Crippen molar-refractivity contribution in [3.63, 3.8) is 0 Å². The monoisotopic (exact) mass is 427 g/mol. The van der Waals surface area contributed by atoms with Crippen molar-refractivity contribution in [1.82, 2.24) is 0 Å². The minimum atomic E-state index is -0.635. The van der Waals surface area contributed by atoms with Crippen molar-refractivity contribution in [1.29, 1.82) is 0 Å². The van der Waals surface area contributed by atoms with E-state index in [0.29, 0.717) is 17.2 Å². The summed E-state index contributed by atoms with van der Waals surface area (Å²) in [6, 6.07) is 12.7. The quantitative estimate of drug-likeness (QED) is 0.755. The number of rotatable bonds is 5. The minimum Gasteiger partial charge on any atom is -0.497 e. The Hall–Kier alpha value is -1.53. The van der Waals surface area contributed by atoms with Gasteiger partial charge in [0.15, 0.2) is 6.10 Å². The Kier molecular flexibility index (Phi) is 5.85. The fraction of sp³-hybridized carbons (Fsp3) is 0.188. The van der Waals surface area contributed by atoms with E-state index in [1.807, 2.05) is 24.3 Å². The predicted molar refractivity (Wildman–Crippen MR) is 93.6 cm³/mol. The van der Waals surface area contributed by atoms with E-state index in [2.05, 4.69) is 37.2 Å². The van der Waals surface area contributed by atoms with Crippen LogP contribution < -0.4 is 14.8 Å². The summed E-state index contributed by atoms with van der Waals surface area (Å²) in [6.45, 7) is 1.70. The lowest BCUT2D eigenvalue weighted by atomic mass is 10.2. The third-order valence-corrected chi connectivity index (χ3v) is 4.02. The number of hydrogen-bond acceptors (Lipinski definition) is 3. The fourth-order valence-corrected chi connectivity index (χ4v) is 2.90. The summed E-state index contributed by atoms with van der Waals surface area (Å²) in [6.07, 6.45) is -0.635. The van der Waals surface area contributed by atoms with Gasteiger partial charge in [0.2, 0.25) is 0 Å². The van der Waals surface area contributed by atoms with Crippen LogP contribution in [0.15, 0.2) is 51.4 Å². The molecule has 0 saturated heterocycles. The maximum absolute atomic E-state index is 12.2. The molecule has 0 aliphatic rings. The van der Waals surface area contributed by atoms with E-state index in [0.717, 1.165) is 8.95 Å². The maximum Gasteiger partial charge on any atom is 0.265 e. The summed E-state index contributed by atoms with van der Waals surface area (Å²) in [7, 11) is 1.58. The topological polar surface area (TPSA) is 47.6 Å². The summed E-state index contributed by atoms with van der Waals surface area (Å²) in [5.74, 6) is 1.06. The van der Waals surface area contributed by atoms with Gasteiger partial charge in [-0.3, -0.25) is 4.79 Å². The minimum absolute atomic E-state index is 0.233. The third kappa shape index (κ3) is 4.48. The molecule has 1 amide bonds. The molecule has 0 heterocycles. The number of halogens is 2. The van der Waals surface area contributed by atoms with E-state index in [-0.39, 0.29) is 5.91 Å². The highest BCUT2D eigenvalue weighted by Gasteiger charge is 2.16. The second kappa shape index (κ2) is 7.65. The van der Waals surface area contributed by atoms with Crippen LogP contribution >= 0.6 is 31.9 Å². The number of carbonyl (C=O) groups excluding carboxylic acids is 1. The molecule has 0 aliphatic carbocycles. The number of hydrogen-bond donors (Lipinski definition) is 1. The number of methoxy groups -OCH3 is 1.